The molecule has 19 heavy (non-hydrogen) atoms. The van der Waals surface area contributed by atoms with Crippen molar-refractivity contribution in [2.45, 2.75) is 4.83 Å². The minimum atomic E-state index is -0.0814. The highest BCUT2D eigenvalue weighted by molar-refractivity contribution is 9.09. The Balaban J connectivity index is 2.54. The van der Waals surface area contributed by atoms with E-state index in [0.717, 1.165) is 11.1 Å². The van der Waals surface area contributed by atoms with Gasteiger partial charge in [0.05, 0.1) is 44.2 Å². The zero-order valence-corrected chi connectivity index (χ0v) is 12.6. The Labute approximate surface area is 120 Å². The lowest BCUT2D eigenvalue weighted by Crippen LogP contribution is -2.01. The molecule has 0 aliphatic heterocycles. The molecule has 0 aliphatic rings. The Morgan fingerprint density at radius 2 is 1.68 bits per heavy atom. The lowest BCUT2D eigenvalue weighted by Gasteiger charge is -2.18. The van der Waals surface area contributed by atoms with Crippen molar-refractivity contribution in [2.75, 3.05) is 21.3 Å². The zero-order valence-electron chi connectivity index (χ0n) is 11.0. The molecule has 4 nitrogen and oxygen atoms in total. The van der Waals surface area contributed by atoms with Crippen molar-refractivity contribution in [3.8, 4) is 17.2 Å². The molecule has 1 heterocycles. The van der Waals surface area contributed by atoms with Crippen molar-refractivity contribution in [2.24, 2.45) is 0 Å². The van der Waals surface area contributed by atoms with E-state index in [1.54, 1.807) is 33.9 Å². The standard InChI is InChI=1S/C14H15BrO4/c1-16-10-6-11(17-2)13(12(7-10)18-3)14(15)9-4-5-19-8-9/h4-8,14H,1-3H3. The second-order valence-electron chi connectivity index (χ2n) is 3.86. The van der Waals surface area contributed by atoms with Gasteiger partial charge in [-0.1, -0.05) is 15.9 Å². The number of hydrogen-bond acceptors (Lipinski definition) is 4. The number of benzene rings is 1. The average molecular weight is 327 g/mol. The first kappa shape index (κ1) is 13.8. The van der Waals surface area contributed by atoms with Gasteiger partial charge in [-0.2, -0.15) is 0 Å². The van der Waals surface area contributed by atoms with E-state index >= 15 is 0 Å². The summed E-state index contributed by atoms with van der Waals surface area (Å²) >= 11 is 3.64. The van der Waals surface area contributed by atoms with Gasteiger partial charge in [-0.15, -0.1) is 0 Å². The van der Waals surface area contributed by atoms with Gasteiger partial charge in [0.15, 0.2) is 0 Å². The number of ether oxygens (including phenoxy) is 3. The molecule has 0 N–H and O–H groups in total. The smallest absolute Gasteiger partial charge is 0.130 e. The molecule has 0 amide bonds. The minimum absolute atomic E-state index is 0.0814. The molecule has 2 aromatic rings. The first-order chi connectivity index (χ1) is 9.21. The van der Waals surface area contributed by atoms with Crippen LogP contribution in [0.25, 0.3) is 0 Å². The number of methoxy groups -OCH3 is 3. The summed E-state index contributed by atoms with van der Waals surface area (Å²) in [5, 5.41) is 0. The van der Waals surface area contributed by atoms with Gasteiger partial charge in [0.25, 0.3) is 0 Å². The highest BCUT2D eigenvalue weighted by atomic mass is 79.9. The van der Waals surface area contributed by atoms with Crippen molar-refractivity contribution < 1.29 is 18.6 Å². The van der Waals surface area contributed by atoms with Crippen LogP contribution in [0.15, 0.2) is 35.1 Å². The molecular weight excluding hydrogens is 312 g/mol. The number of alkyl halides is 1. The summed E-state index contributed by atoms with van der Waals surface area (Å²) in [7, 11) is 4.84. The third-order valence-electron chi connectivity index (χ3n) is 2.84. The molecule has 1 aromatic carbocycles. The largest absolute Gasteiger partial charge is 0.496 e. The molecule has 1 atom stereocenters. The summed E-state index contributed by atoms with van der Waals surface area (Å²) in [6.45, 7) is 0. The van der Waals surface area contributed by atoms with E-state index in [9.17, 15) is 0 Å². The van der Waals surface area contributed by atoms with E-state index in [4.69, 9.17) is 18.6 Å². The third-order valence-corrected chi connectivity index (χ3v) is 3.83. The van der Waals surface area contributed by atoms with Crippen LogP contribution in [0.2, 0.25) is 0 Å². The lowest BCUT2D eigenvalue weighted by molar-refractivity contribution is 0.369. The van der Waals surface area contributed by atoms with E-state index in [0.29, 0.717) is 17.2 Å². The molecular formula is C14H15BrO4. The van der Waals surface area contributed by atoms with Crippen molar-refractivity contribution >= 4 is 15.9 Å². The van der Waals surface area contributed by atoms with Gasteiger partial charge in [-0.3, -0.25) is 0 Å². The topological polar surface area (TPSA) is 40.8 Å². The highest BCUT2D eigenvalue weighted by Crippen LogP contribution is 2.44. The maximum absolute atomic E-state index is 5.43. The van der Waals surface area contributed by atoms with E-state index in [1.807, 2.05) is 18.2 Å². The molecule has 1 aromatic heterocycles. The minimum Gasteiger partial charge on any atom is -0.496 e. The summed E-state index contributed by atoms with van der Waals surface area (Å²) in [6, 6.07) is 5.54. The summed E-state index contributed by atoms with van der Waals surface area (Å²) in [5.74, 6) is 2.07. The van der Waals surface area contributed by atoms with Crippen LogP contribution in [-0.4, -0.2) is 21.3 Å². The predicted molar refractivity (Wildman–Crippen MR) is 75.6 cm³/mol. The summed E-state index contributed by atoms with van der Waals surface area (Å²) in [5.41, 5.74) is 1.88. The van der Waals surface area contributed by atoms with Gasteiger partial charge in [-0.05, 0) is 6.07 Å². The summed E-state index contributed by atoms with van der Waals surface area (Å²) in [4.78, 5) is -0.0814. The molecule has 0 saturated heterocycles. The van der Waals surface area contributed by atoms with E-state index in [-0.39, 0.29) is 4.83 Å². The van der Waals surface area contributed by atoms with Gasteiger partial charge in [-0.25, -0.2) is 0 Å². The molecule has 1 unspecified atom stereocenters. The Morgan fingerprint density at radius 3 is 2.11 bits per heavy atom. The monoisotopic (exact) mass is 326 g/mol. The Hall–Kier alpha value is -1.62. The van der Waals surface area contributed by atoms with E-state index < -0.39 is 0 Å². The molecule has 0 radical (unpaired) electrons. The quantitative estimate of drug-likeness (QED) is 0.784. The normalized spacial score (nSPS) is 12.0. The number of furan rings is 1. The molecule has 0 fully saturated rings. The van der Waals surface area contributed by atoms with Crippen molar-refractivity contribution in [1.82, 2.24) is 0 Å². The third kappa shape index (κ3) is 2.71. The summed E-state index contributed by atoms with van der Waals surface area (Å²) in [6.07, 6.45) is 3.31. The second kappa shape index (κ2) is 6.02. The molecule has 0 spiro atoms. The van der Waals surface area contributed by atoms with Crippen LogP contribution < -0.4 is 14.2 Å². The Bertz CT molecular complexity index is 511. The SMILES string of the molecule is COc1cc(OC)c(C(Br)c2ccoc2)c(OC)c1. The zero-order chi connectivity index (χ0) is 13.8. The second-order valence-corrected chi connectivity index (χ2v) is 4.78. The van der Waals surface area contributed by atoms with Crippen LogP contribution in [0, 0.1) is 0 Å². The van der Waals surface area contributed by atoms with Gasteiger partial charge >= 0.3 is 0 Å². The van der Waals surface area contributed by atoms with Gasteiger partial charge < -0.3 is 18.6 Å². The van der Waals surface area contributed by atoms with Crippen LogP contribution in [0.1, 0.15) is 16.0 Å². The van der Waals surface area contributed by atoms with Gasteiger partial charge in [0, 0.05) is 17.7 Å². The van der Waals surface area contributed by atoms with E-state index in [1.165, 1.54) is 0 Å². The molecule has 0 aliphatic carbocycles. The van der Waals surface area contributed by atoms with Crippen molar-refractivity contribution in [1.29, 1.82) is 0 Å². The van der Waals surface area contributed by atoms with Crippen LogP contribution in [-0.2, 0) is 0 Å². The van der Waals surface area contributed by atoms with E-state index in [2.05, 4.69) is 15.9 Å². The van der Waals surface area contributed by atoms with Crippen LogP contribution in [0.3, 0.4) is 0 Å². The Kier molecular flexibility index (Phi) is 4.37. The van der Waals surface area contributed by atoms with Crippen LogP contribution >= 0.6 is 15.9 Å². The summed E-state index contributed by atoms with van der Waals surface area (Å²) < 4.78 is 21.2. The average Bonchev–Trinajstić information content (AvgIpc) is 2.99. The maximum atomic E-state index is 5.43. The predicted octanol–water partition coefficient (Wildman–Crippen LogP) is 3.79. The van der Waals surface area contributed by atoms with Gasteiger partial charge in [0.1, 0.15) is 17.2 Å². The van der Waals surface area contributed by atoms with Crippen LogP contribution in [0.4, 0.5) is 0 Å². The molecule has 102 valence electrons. The van der Waals surface area contributed by atoms with Crippen LogP contribution in [0.5, 0.6) is 17.2 Å². The first-order valence-corrected chi connectivity index (χ1v) is 6.59. The van der Waals surface area contributed by atoms with Gasteiger partial charge in [0.2, 0.25) is 0 Å². The van der Waals surface area contributed by atoms with Crippen molar-refractivity contribution in [3.05, 3.63) is 41.9 Å². The molecule has 2 rings (SSSR count). The fourth-order valence-electron chi connectivity index (χ4n) is 1.87. The van der Waals surface area contributed by atoms with Crippen molar-refractivity contribution in [3.63, 3.8) is 0 Å². The fourth-order valence-corrected chi connectivity index (χ4v) is 2.58. The number of rotatable bonds is 5. The molecule has 5 heteroatoms. The fraction of sp³-hybridized carbons (Fsp3) is 0.286. The molecule has 0 bridgehead atoms. The number of halogens is 1. The highest BCUT2D eigenvalue weighted by Gasteiger charge is 2.22. The molecule has 0 saturated carbocycles. The number of hydrogen-bond donors (Lipinski definition) is 0. The lowest BCUT2D eigenvalue weighted by atomic mass is 10.0. The maximum Gasteiger partial charge on any atom is 0.130 e. The first-order valence-electron chi connectivity index (χ1n) is 5.67. The Morgan fingerprint density at radius 1 is 1.05 bits per heavy atom.